The number of nitrogens with zero attached hydrogens (tertiary/aromatic N) is 2. The van der Waals surface area contributed by atoms with E-state index in [-0.39, 0.29) is 11.6 Å². The number of aromatic nitrogens is 2. The van der Waals surface area contributed by atoms with E-state index in [9.17, 15) is 8.78 Å². The Hall–Kier alpha value is -2.28. The van der Waals surface area contributed by atoms with Gasteiger partial charge in [0.25, 0.3) is 0 Å². The van der Waals surface area contributed by atoms with Crippen LogP contribution in [-0.4, -0.2) is 9.97 Å². The van der Waals surface area contributed by atoms with Crippen LogP contribution in [0, 0.1) is 11.6 Å². The summed E-state index contributed by atoms with van der Waals surface area (Å²) in [6.07, 6.45) is 1.78. The number of benzene rings is 1. The zero-order valence-electron chi connectivity index (χ0n) is 10.2. The normalized spacial score (nSPS) is 10.3. The lowest BCUT2D eigenvalue weighted by Gasteiger charge is -2.12. The summed E-state index contributed by atoms with van der Waals surface area (Å²) in [7, 11) is 0. The summed E-state index contributed by atoms with van der Waals surface area (Å²) in [6, 6.07) is 3.04. The third-order valence-corrected chi connectivity index (χ3v) is 2.50. The minimum Gasteiger partial charge on any atom is -0.435 e. The standard InChI is InChI=1S/C12H12F2N4O/c1-2-8-11(18-15)16-6-17-12(8)19-10-4-3-7(13)5-9(10)14/h3-6H,2,15H2,1H3,(H,16,17,18). The summed E-state index contributed by atoms with van der Waals surface area (Å²) >= 11 is 0. The molecular weight excluding hydrogens is 254 g/mol. The van der Waals surface area contributed by atoms with Gasteiger partial charge in [-0.05, 0) is 18.6 Å². The molecule has 0 saturated heterocycles. The van der Waals surface area contributed by atoms with E-state index in [2.05, 4.69) is 15.4 Å². The van der Waals surface area contributed by atoms with Crippen molar-refractivity contribution in [2.75, 3.05) is 5.43 Å². The lowest BCUT2D eigenvalue weighted by Crippen LogP contribution is -2.12. The molecule has 0 aliphatic heterocycles. The predicted octanol–water partition coefficient (Wildman–Crippen LogP) is 2.40. The van der Waals surface area contributed by atoms with Crippen LogP contribution >= 0.6 is 0 Å². The number of rotatable bonds is 4. The molecule has 0 saturated carbocycles. The molecule has 0 bridgehead atoms. The third-order valence-electron chi connectivity index (χ3n) is 2.50. The van der Waals surface area contributed by atoms with Crippen LogP contribution in [0.4, 0.5) is 14.6 Å². The molecule has 0 amide bonds. The van der Waals surface area contributed by atoms with Crippen molar-refractivity contribution in [2.45, 2.75) is 13.3 Å². The van der Waals surface area contributed by atoms with Gasteiger partial charge in [0, 0.05) is 6.07 Å². The van der Waals surface area contributed by atoms with Crippen molar-refractivity contribution in [3.63, 3.8) is 0 Å². The summed E-state index contributed by atoms with van der Waals surface area (Å²) in [6.45, 7) is 1.85. The van der Waals surface area contributed by atoms with Gasteiger partial charge in [0.05, 0.1) is 5.56 Å². The van der Waals surface area contributed by atoms with Gasteiger partial charge in [-0.15, -0.1) is 0 Å². The Bertz CT molecular complexity index is 592. The van der Waals surface area contributed by atoms with Gasteiger partial charge in [-0.25, -0.2) is 24.6 Å². The fourth-order valence-electron chi connectivity index (χ4n) is 1.59. The van der Waals surface area contributed by atoms with Crippen LogP contribution in [-0.2, 0) is 6.42 Å². The van der Waals surface area contributed by atoms with Gasteiger partial charge in [0.1, 0.15) is 18.0 Å². The molecule has 2 aromatic rings. The number of hydrogen-bond acceptors (Lipinski definition) is 5. The van der Waals surface area contributed by atoms with Crippen LogP contribution in [0.1, 0.15) is 12.5 Å². The van der Waals surface area contributed by atoms with Crippen molar-refractivity contribution in [3.8, 4) is 11.6 Å². The van der Waals surface area contributed by atoms with Gasteiger partial charge in [0.2, 0.25) is 5.88 Å². The molecule has 0 atom stereocenters. The fraction of sp³-hybridized carbons (Fsp3) is 0.167. The highest BCUT2D eigenvalue weighted by atomic mass is 19.1. The summed E-state index contributed by atoms with van der Waals surface area (Å²) in [4.78, 5) is 7.85. The molecule has 3 N–H and O–H groups in total. The Balaban J connectivity index is 2.37. The van der Waals surface area contributed by atoms with Gasteiger partial charge >= 0.3 is 0 Å². The summed E-state index contributed by atoms with van der Waals surface area (Å²) in [5, 5.41) is 0. The van der Waals surface area contributed by atoms with Crippen molar-refractivity contribution in [1.29, 1.82) is 0 Å². The Morgan fingerprint density at radius 3 is 2.74 bits per heavy atom. The van der Waals surface area contributed by atoms with Crippen LogP contribution in [0.5, 0.6) is 11.6 Å². The molecule has 0 aliphatic carbocycles. The molecule has 7 heteroatoms. The van der Waals surface area contributed by atoms with Crippen LogP contribution < -0.4 is 16.0 Å². The molecule has 5 nitrogen and oxygen atoms in total. The summed E-state index contributed by atoms with van der Waals surface area (Å²) in [5.41, 5.74) is 3.02. The van der Waals surface area contributed by atoms with E-state index in [1.54, 1.807) is 0 Å². The first-order valence-electron chi connectivity index (χ1n) is 5.59. The van der Waals surface area contributed by atoms with E-state index in [0.29, 0.717) is 17.8 Å². The highest BCUT2D eigenvalue weighted by molar-refractivity contribution is 5.48. The van der Waals surface area contributed by atoms with Crippen molar-refractivity contribution in [3.05, 3.63) is 41.7 Å². The predicted molar refractivity (Wildman–Crippen MR) is 65.7 cm³/mol. The highest BCUT2D eigenvalue weighted by Crippen LogP contribution is 2.28. The first kappa shape index (κ1) is 13.2. The molecule has 19 heavy (non-hydrogen) atoms. The van der Waals surface area contributed by atoms with Gasteiger partial charge < -0.3 is 10.2 Å². The van der Waals surface area contributed by atoms with E-state index in [1.807, 2.05) is 6.92 Å². The van der Waals surface area contributed by atoms with Crippen molar-refractivity contribution < 1.29 is 13.5 Å². The van der Waals surface area contributed by atoms with E-state index < -0.39 is 11.6 Å². The fourth-order valence-corrected chi connectivity index (χ4v) is 1.59. The molecule has 2 rings (SSSR count). The van der Waals surface area contributed by atoms with Gasteiger partial charge in [0.15, 0.2) is 11.6 Å². The molecule has 0 radical (unpaired) electrons. The summed E-state index contributed by atoms with van der Waals surface area (Å²) < 4.78 is 31.6. The molecule has 0 fully saturated rings. The molecule has 100 valence electrons. The van der Waals surface area contributed by atoms with Crippen LogP contribution in [0.2, 0.25) is 0 Å². The molecule has 1 heterocycles. The first-order chi connectivity index (χ1) is 9.15. The number of nitrogens with two attached hydrogens (primary N) is 1. The van der Waals surface area contributed by atoms with E-state index in [1.165, 1.54) is 12.4 Å². The van der Waals surface area contributed by atoms with Crippen LogP contribution in [0.3, 0.4) is 0 Å². The van der Waals surface area contributed by atoms with Crippen LogP contribution in [0.15, 0.2) is 24.5 Å². The Kier molecular flexibility index (Phi) is 3.86. The minimum absolute atomic E-state index is 0.113. The third kappa shape index (κ3) is 2.76. The number of hydrogen-bond donors (Lipinski definition) is 2. The number of anilines is 1. The molecule has 0 unspecified atom stereocenters. The summed E-state index contributed by atoms with van der Waals surface area (Å²) in [5.74, 6) is 4.30. The van der Waals surface area contributed by atoms with E-state index >= 15 is 0 Å². The average Bonchev–Trinajstić information content (AvgIpc) is 2.41. The Labute approximate surface area is 108 Å². The van der Waals surface area contributed by atoms with Gasteiger partial charge in [-0.1, -0.05) is 6.92 Å². The quantitative estimate of drug-likeness (QED) is 0.656. The van der Waals surface area contributed by atoms with Gasteiger partial charge in [-0.3, -0.25) is 0 Å². The average molecular weight is 266 g/mol. The number of ether oxygens (including phenoxy) is 1. The smallest absolute Gasteiger partial charge is 0.227 e. The SMILES string of the molecule is CCc1c(NN)ncnc1Oc1ccc(F)cc1F. The molecular formula is C12H12F2N4O. The maximum absolute atomic E-state index is 13.5. The lowest BCUT2D eigenvalue weighted by molar-refractivity contribution is 0.418. The Morgan fingerprint density at radius 2 is 2.11 bits per heavy atom. The lowest BCUT2D eigenvalue weighted by atomic mass is 10.2. The van der Waals surface area contributed by atoms with Gasteiger partial charge in [-0.2, -0.15) is 0 Å². The molecule has 0 spiro atoms. The topological polar surface area (TPSA) is 73.1 Å². The Morgan fingerprint density at radius 1 is 1.32 bits per heavy atom. The zero-order chi connectivity index (χ0) is 13.8. The largest absolute Gasteiger partial charge is 0.435 e. The van der Waals surface area contributed by atoms with Crippen molar-refractivity contribution in [1.82, 2.24) is 9.97 Å². The molecule has 1 aromatic heterocycles. The number of hydrazine groups is 1. The second kappa shape index (κ2) is 5.57. The molecule has 0 aliphatic rings. The monoisotopic (exact) mass is 266 g/mol. The second-order valence-electron chi connectivity index (χ2n) is 3.68. The first-order valence-corrected chi connectivity index (χ1v) is 5.59. The van der Waals surface area contributed by atoms with Crippen molar-refractivity contribution >= 4 is 5.82 Å². The molecule has 1 aromatic carbocycles. The highest BCUT2D eigenvalue weighted by Gasteiger charge is 2.13. The van der Waals surface area contributed by atoms with Crippen molar-refractivity contribution in [2.24, 2.45) is 5.84 Å². The van der Waals surface area contributed by atoms with E-state index in [4.69, 9.17) is 10.6 Å². The van der Waals surface area contributed by atoms with Crippen LogP contribution in [0.25, 0.3) is 0 Å². The maximum atomic E-state index is 13.5. The van der Waals surface area contributed by atoms with E-state index in [0.717, 1.165) is 12.1 Å². The maximum Gasteiger partial charge on any atom is 0.227 e. The number of halogens is 2. The number of nitrogen functional groups attached to an aromatic ring is 1. The number of nitrogens with one attached hydrogen (secondary N) is 1. The zero-order valence-corrected chi connectivity index (χ0v) is 10.2. The minimum atomic E-state index is -0.803. The second-order valence-corrected chi connectivity index (χ2v) is 3.68.